The molecule has 0 atom stereocenters. The lowest BCUT2D eigenvalue weighted by molar-refractivity contribution is -0.168. The molecule has 0 aromatic carbocycles. The zero-order valence-corrected chi connectivity index (χ0v) is 13.7. The molecule has 0 saturated heterocycles. The van der Waals surface area contributed by atoms with Crippen LogP contribution in [0.25, 0.3) is 0 Å². The van der Waals surface area contributed by atoms with E-state index in [1.165, 1.54) is 7.11 Å². The van der Waals surface area contributed by atoms with Gasteiger partial charge in [-0.2, -0.15) is 0 Å². The fourth-order valence-electron chi connectivity index (χ4n) is 2.74. The van der Waals surface area contributed by atoms with Crippen LogP contribution in [0.1, 0.15) is 51.9 Å². The van der Waals surface area contributed by atoms with Gasteiger partial charge in [0.05, 0.1) is 13.2 Å². The smallest absolute Gasteiger partial charge is 0.317 e. The van der Waals surface area contributed by atoms with Gasteiger partial charge in [0.1, 0.15) is 0 Å². The van der Waals surface area contributed by atoms with Gasteiger partial charge in [0.15, 0.2) is 12.3 Å². The second-order valence-electron chi connectivity index (χ2n) is 5.75. The van der Waals surface area contributed by atoms with E-state index in [0.29, 0.717) is 6.04 Å². The van der Waals surface area contributed by atoms with Crippen LogP contribution in [0.15, 0.2) is 0 Å². The van der Waals surface area contributed by atoms with Crippen molar-refractivity contribution in [1.82, 2.24) is 10.2 Å². The van der Waals surface area contributed by atoms with Crippen molar-refractivity contribution >= 4 is 18.4 Å². The molecule has 7 heteroatoms. The SMILES string of the molecule is CCCN(C(=O)NC1CCC(OSOOC)CC1)C1CC1. The van der Waals surface area contributed by atoms with E-state index in [1.54, 1.807) is 0 Å². The van der Waals surface area contributed by atoms with Crippen molar-refractivity contribution in [1.29, 1.82) is 0 Å². The number of hydrogen-bond donors (Lipinski definition) is 1. The highest BCUT2D eigenvalue weighted by atomic mass is 32.2. The Labute approximate surface area is 131 Å². The molecule has 2 rings (SSSR count). The maximum Gasteiger partial charge on any atom is 0.317 e. The molecule has 122 valence electrons. The summed E-state index contributed by atoms with van der Waals surface area (Å²) >= 11 is 0.881. The molecule has 0 radical (unpaired) electrons. The average molecular weight is 318 g/mol. The summed E-state index contributed by atoms with van der Waals surface area (Å²) in [7, 11) is 1.45. The second kappa shape index (κ2) is 8.82. The third kappa shape index (κ3) is 5.65. The molecule has 6 nitrogen and oxygen atoms in total. The fraction of sp³-hybridized carbons (Fsp3) is 0.929. The van der Waals surface area contributed by atoms with Crippen LogP contribution in [0.5, 0.6) is 0 Å². The Hall–Kier alpha value is -0.500. The highest BCUT2D eigenvalue weighted by molar-refractivity contribution is 7.89. The summed E-state index contributed by atoms with van der Waals surface area (Å²) in [6.07, 6.45) is 7.28. The largest absolute Gasteiger partial charge is 0.335 e. The normalized spacial score (nSPS) is 25.6. The average Bonchev–Trinajstić information content (AvgIpc) is 3.31. The Balaban J connectivity index is 1.66. The summed E-state index contributed by atoms with van der Waals surface area (Å²) in [5, 5.41) is 3.18. The molecule has 2 fully saturated rings. The molecule has 0 aromatic rings. The van der Waals surface area contributed by atoms with Crippen LogP contribution in [-0.4, -0.2) is 42.8 Å². The van der Waals surface area contributed by atoms with Crippen molar-refractivity contribution in [3.63, 3.8) is 0 Å². The first-order chi connectivity index (χ1) is 10.2. The van der Waals surface area contributed by atoms with Crippen LogP contribution >= 0.6 is 12.3 Å². The zero-order valence-electron chi connectivity index (χ0n) is 12.9. The second-order valence-corrected chi connectivity index (χ2v) is 6.21. The Morgan fingerprint density at radius 3 is 2.52 bits per heavy atom. The van der Waals surface area contributed by atoms with E-state index in [1.807, 2.05) is 4.90 Å². The number of carbonyl (C=O) groups excluding carboxylic acids is 1. The van der Waals surface area contributed by atoms with Crippen molar-refractivity contribution in [3.05, 3.63) is 0 Å². The van der Waals surface area contributed by atoms with E-state index in [-0.39, 0.29) is 18.2 Å². The first-order valence-electron chi connectivity index (χ1n) is 7.84. The summed E-state index contributed by atoms with van der Waals surface area (Å²) in [5.41, 5.74) is 0. The molecule has 0 spiro atoms. The van der Waals surface area contributed by atoms with Gasteiger partial charge in [-0.3, -0.25) is 4.18 Å². The molecule has 2 amide bonds. The van der Waals surface area contributed by atoms with E-state index in [4.69, 9.17) is 4.18 Å². The van der Waals surface area contributed by atoms with E-state index in [2.05, 4.69) is 21.5 Å². The van der Waals surface area contributed by atoms with E-state index < -0.39 is 0 Å². The Bertz CT molecular complexity index is 320. The van der Waals surface area contributed by atoms with Crippen molar-refractivity contribution in [2.24, 2.45) is 0 Å². The van der Waals surface area contributed by atoms with Gasteiger partial charge in [0.2, 0.25) is 0 Å². The molecule has 1 N–H and O–H groups in total. The van der Waals surface area contributed by atoms with Gasteiger partial charge in [0.25, 0.3) is 0 Å². The standard InChI is InChI=1S/C14H26N2O4S/c1-3-10-16(12-6-7-12)14(17)15-11-4-8-13(9-5-11)19-21-20-18-2/h11-13H,3-10H2,1-2H3,(H,15,17). The first-order valence-corrected chi connectivity index (χ1v) is 8.51. The van der Waals surface area contributed by atoms with Gasteiger partial charge >= 0.3 is 6.03 Å². The minimum atomic E-state index is 0.112. The van der Waals surface area contributed by atoms with Crippen LogP contribution in [0.2, 0.25) is 0 Å². The molecular weight excluding hydrogens is 292 g/mol. The van der Waals surface area contributed by atoms with Gasteiger partial charge in [0, 0.05) is 18.6 Å². The molecule has 2 aliphatic rings. The molecule has 0 bridgehead atoms. The van der Waals surface area contributed by atoms with Gasteiger partial charge in [-0.1, -0.05) is 6.92 Å². The van der Waals surface area contributed by atoms with Gasteiger partial charge in [-0.15, -0.1) is 4.33 Å². The summed E-state index contributed by atoms with van der Waals surface area (Å²) < 4.78 is 10.1. The maximum absolute atomic E-state index is 12.3. The highest BCUT2D eigenvalue weighted by Gasteiger charge is 2.33. The molecular formula is C14H26N2O4S. The molecule has 21 heavy (non-hydrogen) atoms. The minimum absolute atomic E-state index is 0.112. The van der Waals surface area contributed by atoms with E-state index in [9.17, 15) is 4.79 Å². The van der Waals surface area contributed by atoms with Crippen molar-refractivity contribution in [2.75, 3.05) is 13.7 Å². The summed E-state index contributed by atoms with van der Waals surface area (Å²) in [4.78, 5) is 18.8. The topological polar surface area (TPSA) is 60.0 Å². The predicted octanol–water partition coefficient (Wildman–Crippen LogP) is 3.04. The van der Waals surface area contributed by atoms with Crippen LogP contribution in [0, 0.1) is 0 Å². The minimum Gasteiger partial charge on any atom is -0.335 e. The number of carbonyl (C=O) groups is 1. The highest BCUT2D eigenvalue weighted by Crippen LogP contribution is 2.28. The summed E-state index contributed by atoms with van der Waals surface area (Å²) in [6.45, 7) is 2.98. The first kappa shape index (κ1) is 16.9. The lowest BCUT2D eigenvalue weighted by atomic mass is 9.93. The number of rotatable bonds is 8. The maximum atomic E-state index is 12.3. The lowest BCUT2D eigenvalue weighted by Crippen LogP contribution is -2.47. The fourth-order valence-corrected chi connectivity index (χ4v) is 3.13. The Kier molecular flexibility index (Phi) is 7.09. The number of hydrogen-bond acceptors (Lipinski definition) is 5. The number of urea groups is 1. The quantitative estimate of drug-likeness (QED) is 0.323. The summed E-state index contributed by atoms with van der Waals surface area (Å²) in [6, 6.07) is 0.858. The van der Waals surface area contributed by atoms with E-state index >= 15 is 0 Å². The number of amides is 2. The Morgan fingerprint density at radius 2 is 1.95 bits per heavy atom. The zero-order chi connectivity index (χ0) is 15.1. The van der Waals surface area contributed by atoms with E-state index in [0.717, 1.165) is 63.8 Å². The molecule has 2 saturated carbocycles. The molecule has 2 aliphatic carbocycles. The molecule has 0 heterocycles. The van der Waals surface area contributed by atoms with Crippen molar-refractivity contribution in [3.8, 4) is 0 Å². The van der Waals surface area contributed by atoms with Gasteiger partial charge in [-0.05, 0) is 44.9 Å². The lowest BCUT2D eigenvalue weighted by Gasteiger charge is -2.30. The Morgan fingerprint density at radius 1 is 1.24 bits per heavy atom. The predicted molar refractivity (Wildman–Crippen MR) is 81.4 cm³/mol. The molecule has 0 aliphatic heterocycles. The number of nitrogens with zero attached hydrogens (tertiary/aromatic N) is 1. The van der Waals surface area contributed by atoms with Crippen LogP contribution < -0.4 is 5.32 Å². The van der Waals surface area contributed by atoms with Crippen molar-refractivity contribution < 1.29 is 18.2 Å². The van der Waals surface area contributed by atoms with Crippen LogP contribution in [-0.2, 0) is 13.4 Å². The van der Waals surface area contributed by atoms with Crippen LogP contribution in [0.3, 0.4) is 0 Å². The third-order valence-electron chi connectivity index (χ3n) is 3.99. The van der Waals surface area contributed by atoms with Gasteiger partial charge in [-0.25, -0.2) is 9.68 Å². The van der Waals surface area contributed by atoms with Crippen LogP contribution in [0.4, 0.5) is 4.79 Å². The van der Waals surface area contributed by atoms with Gasteiger partial charge < -0.3 is 10.2 Å². The van der Waals surface area contributed by atoms with Crippen molar-refractivity contribution in [2.45, 2.75) is 70.1 Å². The monoisotopic (exact) mass is 318 g/mol. The molecule has 0 unspecified atom stereocenters. The number of nitrogens with one attached hydrogen (secondary N) is 1. The summed E-state index contributed by atoms with van der Waals surface area (Å²) in [5.74, 6) is 0. The molecule has 0 aromatic heterocycles. The third-order valence-corrected chi connectivity index (χ3v) is 4.53.